The van der Waals surface area contributed by atoms with Crippen LogP contribution in [0.1, 0.15) is 31.2 Å². The fourth-order valence-electron chi connectivity index (χ4n) is 3.77. The average Bonchev–Trinajstić information content (AvgIpc) is 3.27. The number of nitrogens with one attached hydrogen (secondary N) is 4. The van der Waals surface area contributed by atoms with E-state index in [1.165, 1.54) is 0 Å². The third-order valence-electron chi connectivity index (χ3n) is 5.77. The minimum atomic E-state index is -1.87. The number of carboxylic acid groups (broad SMARTS) is 3. The molecule has 216 valence electrons. The van der Waals surface area contributed by atoms with Gasteiger partial charge in [-0.15, -0.1) is 0 Å². The van der Waals surface area contributed by atoms with Gasteiger partial charge in [-0.2, -0.15) is 0 Å². The molecule has 0 radical (unpaired) electrons. The van der Waals surface area contributed by atoms with Crippen molar-refractivity contribution in [1.29, 1.82) is 0 Å². The van der Waals surface area contributed by atoms with Crippen molar-refractivity contribution in [2.75, 3.05) is 0 Å². The van der Waals surface area contributed by atoms with Gasteiger partial charge >= 0.3 is 17.9 Å². The Morgan fingerprint density at radius 3 is 1.95 bits per heavy atom. The monoisotopic (exact) mass is 562 g/mol. The first-order chi connectivity index (χ1) is 18.8. The molecule has 0 fully saturated rings. The molecule has 4 unspecified atom stereocenters. The number of fused-ring (bicyclic) bond motifs is 1. The van der Waals surface area contributed by atoms with Gasteiger partial charge in [-0.1, -0.05) is 18.2 Å². The largest absolute Gasteiger partial charge is 0.481 e. The van der Waals surface area contributed by atoms with Crippen LogP contribution in [0.15, 0.2) is 30.5 Å². The second kappa shape index (κ2) is 14.2. The molecule has 4 atom stereocenters. The van der Waals surface area contributed by atoms with Gasteiger partial charge in [0.15, 0.2) is 0 Å². The maximum absolute atomic E-state index is 12.9. The third-order valence-corrected chi connectivity index (χ3v) is 5.77. The molecule has 16 nitrogen and oxygen atoms in total. The quantitative estimate of drug-likeness (QED) is 0.106. The fourth-order valence-corrected chi connectivity index (χ4v) is 3.77. The number of nitrogens with two attached hydrogens (primary N) is 2. The lowest BCUT2D eigenvalue weighted by Crippen LogP contribution is -2.57. The van der Waals surface area contributed by atoms with Crippen LogP contribution in [0.2, 0.25) is 0 Å². The summed E-state index contributed by atoms with van der Waals surface area (Å²) in [5.41, 5.74) is 12.6. The van der Waals surface area contributed by atoms with E-state index in [2.05, 4.69) is 15.6 Å². The van der Waals surface area contributed by atoms with E-state index >= 15 is 0 Å². The lowest BCUT2D eigenvalue weighted by Gasteiger charge is -2.24. The molecule has 1 heterocycles. The summed E-state index contributed by atoms with van der Waals surface area (Å²) in [6.45, 7) is 0. The number of amides is 4. The van der Waals surface area contributed by atoms with Crippen LogP contribution in [0.5, 0.6) is 0 Å². The maximum Gasteiger partial charge on any atom is 0.326 e. The Kier molecular flexibility index (Phi) is 11.1. The van der Waals surface area contributed by atoms with Crippen molar-refractivity contribution in [2.45, 2.75) is 56.3 Å². The summed E-state index contributed by atoms with van der Waals surface area (Å²) in [7, 11) is 0. The number of rotatable bonds is 16. The van der Waals surface area contributed by atoms with Gasteiger partial charge in [-0.25, -0.2) is 4.79 Å². The predicted molar refractivity (Wildman–Crippen MR) is 136 cm³/mol. The minimum Gasteiger partial charge on any atom is -0.481 e. The van der Waals surface area contributed by atoms with Crippen molar-refractivity contribution < 1.29 is 48.9 Å². The van der Waals surface area contributed by atoms with E-state index < -0.39 is 91.4 Å². The number of aromatic nitrogens is 1. The number of hydrogen-bond acceptors (Lipinski definition) is 8. The number of carbonyl (C=O) groups excluding carboxylic acids is 4. The van der Waals surface area contributed by atoms with Crippen molar-refractivity contribution in [3.8, 4) is 0 Å². The molecule has 0 aliphatic rings. The molecular weight excluding hydrogens is 532 g/mol. The zero-order valence-electron chi connectivity index (χ0n) is 21.1. The Morgan fingerprint density at radius 2 is 1.35 bits per heavy atom. The molecular formula is C24H30N6O10. The van der Waals surface area contributed by atoms with Gasteiger partial charge in [0, 0.05) is 23.5 Å². The Labute approximate surface area is 226 Å². The highest BCUT2D eigenvalue weighted by Gasteiger charge is 2.32. The second-order valence-electron chi connectivity index (χ2n) is 8.89. The highest BCUT2D eigenvalue weighted by atomic mass is 16.4. The Morgan fingerprint density at radius 1 is 0.800 bits per heavy atom. The van der Waals surface area contributed by atoms with Gasteiger partial charge in [0.2, 0.25) is 23.6 Å². The molecule has 0 spiro atoms. The van der Waals surface area contributed by atoms with Crippen LogP contribution in [-0.2, 0) is 40.0 Å². The van der Waals surface area contributed by atoms with Gasteiger partial charge in [-0.05, 0) is 24.5 Å². The van der Waals surface area contributed by atoms with Crippen LogP contribution in [0.3, 0.4) is 0 Å². The first-order valence-electron chi connectivity index (χ1n) is 11.9. The Bertz CT molecular complexity index is 1290. The SMILES string of the molecule is NC(=O)CCC(NC(=O)C(CC(=O)O)NC(=O)C(N)Cc1c[nH]c2ccccc12)C(=O)NC(CC(=O)O)C(=O)O. The molecule has 11 N–H and O–H groups in total. The summed E-state index contributed by atoms with van der Waals surface area (Å²) in [6.07, 6.45) is -1.06. The van der Waals surface area contributed by atoms with E-state index in [4.69, 9.17) is 16.6 Å². The molecule has 0 bridgehead atoms. The van der Waals surface area contributed by atoms with Crippen molar-refractivity contribution in [3.05, 3.63) is 36.0 Å². The smallest absolute Gasteiger partial charge is 0.326 e. The number of H-pyrrole nitrogens is 1. The Hall–Kier alpha value is -4.99. The molecule has 2 aromatic rings. The maximum atomic E-state index is 12.9. The van der Waals surface area contributed by atoms with E-state index in [0.717, 1.165) is 10.9 Å². The van der Waals surface area contributed by atoms with E-state index in [1.54, 1.807) is 12.3 Å². The molecule has 40 heavy (non-hydrogen) atoms. The summed E-state index contributed by atoms with van der Waals surface area (Å²) < 4.78 is 0. The highest BCUT2D eigenvalue weighted by molar-refractivity contribution is 5.96. The van der Waals surface area contributed by atoms with Crippen LogP contribution in [0, 0.1) is 0 Å². The standard InChI is InChI=1S/C24H30N6O10/c25-13(7-11-10-27-14-4-2-1-3-12(11)14)21(36)29-16(8-19(32)33)23(38)28-15(5-6-18(26)31)22(37)30-17(24(39)40)9-20(34)35/h1-4,10,13,15-17,27H,5-9,25H2,(H2,26,31)(H,28,38)(H,29,36)(H,30,37)(H,32,33)(H,34,35)(H,39,40). The molecule has 16 heteroatoms. The topological polar surface area (TPSA) is 284 Å². The number of para-hydroxylation sites is 1. The first kappa shape index (κ1) is 31.2. The van der Waals surface area contributed by atoms with Crippen LogP contribution in [0.25, 0.3) is 10.9 Å². The molecule has 1 aromatic heterocycles. The van der Waals surface area contributed by atoms with Gasteiger partial charge in [0.1, 0.15) is 18.1 Å². The van der Waals surface area contributed by atoms with E-state index in [0.29, 0.717) is 5.56 Å². The lowest BCUT2D eigenvalue weighted by atomic mass is 10.0. The summed E-state index contributed by atoms with van der Waals surface area (Å²) in [4.78, 5) is 86.3. The zero-order valence-corrected chi connectivity index (χ0v) is 21.1. The third kappa shape index (κ3) is 9.39. The number of aromatic amines is 1. The number of benzene rings is 1. The number of primary amides is 1. The van der Waals surface area contributed by atoms with Crippen LogP contribution in [-0.4, -0.2) is 86.0 Å². The number of carboxylic acids is 3. The molecule has 0 saturated carbocycles. The minimum absolute atomic E-state index is 0.0427. The first-order valence-corrected chi connectivity index (χ1v) is 11.9. The summed E-state index contributed by atoms with van der Waals surface area (Å²) >= 11 is 0. The lowest BCUT2D eigenvalue weighted by molar-refractivity contribution is -0.147. The fraction of sp³-hybridized carbons (Fsp3) is 0.375. The average molecular weight is 563 g/mol. The van der Waals surface area contributed by atoms with Crippen molar-refractivity contribution in [2.24, 2.45) is 11.5 Å². The van der Waals surface area contributed by atoms with E-state index in [-0.39, 0.29) is 6.42 Å². The van der Waals surface area contributed by atoms with Gasteiger partial charge in [0.05, 0.1) is 18.9 Å². The molecule has 0 aliphatic heterocycles. The van der Waals surface area contributed by atoms with Gasteiger partial charge in [0.25, 0.3) is 0 Å². The number of carbonyl (C=O) groups is 7. The van der Waals surface area contributed by atoms with Gasteiger partial charge in [-0.3, -0.25) is 28.8 Å². The van der Waals surface area contributed by atoms with Crippen LogP contribution >= 0.6 is 0 Å². The predicted octanol–water partition coefficient (Wildman–Crippen LogP) is -2.21. The summed E-state index contributed by atoms with van der Waals surface area (Å²) in [5.74, 6) is -8.72. The second-order valence-corrected chi connectivity index (χ2v) is 8.89. The zero-order chi connectivity index (χ0) is 30.0. The summed E-state index contributed by atoms with van der Waals surface area (Å²) in [6, 6.07) is 0.858. The highest BCUT2D eigenvalue weighted by Crippen LogP contribution is 2.18. The summed E-state index contributed by atoms with van der Waals surface area (Å²) in [5, 5.41) is 34.5. The molecule has 1 aromatic carbocycles. The Balaban J connectivity index is 2.16. The van der Waals surface area contributed by atoms with E-state index in [9.17, 15) is 43.8 Å². The van der Waals surface area contributed by atoms with Gasteiger partial charge < -0.3 is 47.7 Å². The molecule has 2 rings (SSSR count). The number of hydrogen-bond donors (Lipinski definition) is 9. The number of aliphatic carboxylic acids is 3. The molecule has 0 aliphatic carbocycles. The normalized spacial score (nSPS) is 13.8. The van der Waals surface area contributed by atoms with Crippen LogP contribution in [0.4, 0.5) is 0 Å². The van der Waals surface area contributed by atoms with Crippen molar-refractivity contribution >= 4 is 52.4 Å². The molecule has 4 amide bonds. The molecule has 0 saturated heterocycles. The van der Waals surface area contributed by atoms with Crippen molar-refractivity contribution in [1.82, 2.24) is 20.9 Å². The van der Waals surface area contributed by atoms with Crippen LogP contribution < -0.4 is 27.4 Å². The van der Waals surface area contributed by atoms with Crippen molar-refractivity contribution in [3.63, 3.8) is 0 Å². The van der Waals surface area contributed by atoms with E-state index in [1.807, 2.05) is 23.5 Å².